The first-order chi connectivity index (χ1) is 8.93. The number of carbonyl (C=O) groups excluding carboxylic acids is 2. The minimum Gasteiger partial charge on any atom is -0.459 e. The Morgan fingerprint density at radius 1 is 1.37 bits per heavy atom. The van der Waals surface area contributed by atoms with Gasteiger partial charge in [0, 0.05) is 5.02 Å². The maximum absolute atomic E-state index is 11.3. The van der Waals surface area contributed by atoms with Gasteiger partial charge in [-0.3, -0.25) is 10.1 Å². The number of esters is 1. The van der Waals surface area contributed by atoms with Gasteiger partial charge in [0.05, 0.1) is 17.3 Å². The van der Waals surface area contributed by atoms with Gasteiger partial charge in [0.25, 0.3) is 0 Å². The van der Waals surface area contributed by atoms with E-state index in [4.69, 9.17) is 35.4 Å². The number of carbonyl (C=O) groups is 2. The van der Waals surface area contributed by atoms with Crippen molar-refractivity contribution in [2.75, 3.05) is 11.9 Å². The van der Waals surface area contributed by atoms with Gasteiger partial charge in [0.15, 0.2) is 5.11 Å². The van der Waals surface area contributed by atoms with Gasteiger partial charge in [0.2, 0.25) is 0 Å². The van der Waals surface area contributed by atoms with Gasteiger partial charge < -0.3 is 10.1 Å². The molecular formula is C11H10Cl2N2O3S. The van der Waals surface area contributed by atoms with E-state index in [0.29, 0.717) is 15.7 Å². The highest BCUT2D eigenvalue weighted by Crippen LogP contribution is 2.25. The second-order valence-electron chi connectivity index (χ2n) is 3.25. The Kier molecular flexibility index (Phi) is 6.01. The highest BCUT2D eigenvalue weighted by atomic mass is 35.5. The number of ether oxygens (including phenoxy) is 1. The summed E-state index contributed by atoms with van der Waals surface area (Å²) in [6.45, 7) is 1.69. The molecule has 19 heavy (non-hydrogen) atoms. The summed E-state index contributed by atoms with van der Waals surface area (Å²) in [5, 5.41) is 5.56. The maximum atomic E-state index is 11.3. The molecule has 0 saturated heterocycles. The third-order valence-corrected chi connectivity index (χ3v) is 2.63. The van der Waals surface area contributed by atoms with Crippen LogP contribution >= 0.6 is 35.4 Å². The molecule has 0 aliphatic heterocycles. The molecule has 0 atom stereocenters. The molecule has 2 N–H and O–H groups in total. The monoisotopic (exact) mass is 320 g/mol. The van der Waals surface area contributed by atoms with E-state index in [0.717, 1.165) is 0 Å². The molecule has 102 valence electrons. The average molecular weight is 321 g/mol. The Morgan fingerprint density at radius 2 is 2.05 bits per heavy atom. The molecule has 1 aromatic rings. The lowest BCUT2D eigenvalue weighted by molar-refractivity contribution is -0.153. The van der Waals surface area contributed by atoms with Gasteiger partial charge >= 0.3 is 11.9 Å². The van der Waals surface area contributed by atoms with E-state index in [9.17, 15) is 9.59 Å². The van der Waals surface area contributed by atoms with Gasteiger partial charge in [-0.05, 0) is 37.3 Å². The molecule has 0 radical (unpaired) electrons. The van der Waals surface area contributed by atoms with Gasteiger partial charge in [-0.15, -0.1) is 0 Å². The van der Waals surface area contributed by atoms with Crippen LogP contribution in [0.15, 0.2) is 18.2 Å². The molecule has 1 rings (SSSR count). The number of amides is 1. The van der Waals surface area contributed by atoms with Gasteiger partial charge in [0.1, 0.15) is 0 Å². The fourth-order valence-corrected chi connectivity index (χ4v) is 1.64. The highest BCUT2D eigenvalue weighted by Gasteiger charge is 2.16. The van der Waals surface area contributed by atoms with Crippen LogP contribution in [0, 0.1) is 0 Å². The zero-order valence-corrected chi connectivity index (χ0v) is 12.2. The van der Waals surface area contributed by atoms with Crippen LogP contribution in [0.25, 0.3) is 0 Å². The minimum absolute atomic E-state index is 0.0813. The maximum Gasteiger partial charge on any atom is 0.397 e. The molecule has 5 nitrogen and oxygen atoms in total. The summed E-state index contributed by atoms with van der Waals surface area (Å²) in [6.07, 6.45) is 0. The normalized spacial score (nSPS) is 9.63. The molecule has 0 fully saturated rings. The zero-order valence-electron chi connectivity index (χ0n) is 9.83. The highest BCUT2D eigenvalue weighted by molar-refractivity contribution is 7.80. The molecule has 8 heteroatoms. The van der Waals surface area contributed by atoms with E-state index >= 15 is 0 Å². The van der Waals surface area contributed by atoms with E-state index in [-0.39, 0.29) is 11.7 Å². The van der Waals surface area contributed by atoms with Crippen molar-refractivity contribution in [1.29, 1.82) is 0 Å². The van der Waals surface area contributed by atoms with Crippen LogP contribution in [0.2, 0.25) is 10.0 Å². The first kappa shape index (κ1) is 15.7. The van der Waals surface area contributed by atoms with Crippen molar-refractivity contribution < 1.29 is 14.3 Å². The van der Waals surface area contributed by atoms with Crippen molar-refractivity contribution in [3.8, 4) is 0 Å². The van der Waals surface area contributed by atoms with Crippen molar-refractivity contribution in [2.45, 2.75) is 6.92 Å². The molecule has 1 aromatic carbocycles. The molecular weight excluding hydrogens is 311 g/mol. The summed E-state index contributed by atoms with van der Waals surface area (Å²) in [7, 11) is 0. The second kappa shape index (κ2) is 7.28. The van der Waals surface area contributed by atoms with E-state index in [1.165, 1.54) is 6.07 Å². The van der Waals surface area contributed by atoms with Crippen molar-refractivity contribution in [3.05, 3.63) is 28.2 Å². The third-order valence-electron chi connectivity index (χ3n) is 1.86. The Hall–Kier alpha value is -1.37. The van der Waals surface area contributed by atoms with Crippen molar-refractivity contribution in [3.63, 3.8) is 0 Å². The largest absolute Gasteiger partial charge is 0.459 e. The Bertz CT molecular complexity index is 523. The zero-order chi connectivity index (χ0) is 14.4. The van der Waals surface area contributed by atoms with Crippen LogP contribution in [-0.4, -0.2) is 23.6 Å². The van der Waals surface area contributed by atoms with Crippen LogP contribution < -0.4 is 10.6 Å². The first-order valence-corrected chi connectivity index (χ1v) is 6.34. The number of nitrogens with one attached hydrogen (secondary N) is 2. The predicted octanol–water partition coefficient (Wildman–Crippen LogP) is 2.37. The average Bonchev–Trinajstić information content (AvgIpc) is 2.34. The van der Waals surface area contributed by atoms with Gasteiger partial charge in [-0.2, -0.15) is 0 Å². The van der Waals surface area contributed by atoms with E-state index < -0.39 is 11.9 Å². The third kappa shape index (κ3) is 5.02. The number of halogens is 2. The van der Waals surface area contributed by atoms with Crippen LogP contribution in [0.4, 0.5) is 5.69 Å². The number of thiocarbonyl (C=S) groups is 1. The lowest BCUT2D eigenvalue weighted by Gasteiger charge is -2.10. The summed E-state index contributed by atoms with van der Waals surface area (Å²) in [4.78, 5) is 22.4. The quantitative estimate of drug-likeness (QED) is 0.497. The summed E-state index contributed by atoms with van der Waals surface area (Å²) in [5.74, 6) is -1.97. The van der Waals surface area contributed by atoms with Gasteiger partial charge in [-0.25, -0.2) is 4.79 Å². The minimum atomic E-state index is -1.01. The molecule has 0 aromatic heterocycles. The number of hydrogen-bond donors (Lipinski definition) is 2. The number of anilines is 1. The smallest absolute Gasteiger partial charge is 0.397 e. The standard InChI is InChI=1S/C11H10Cl2N2O3S/c1-2-18-10(17)9(16)15-11(19)14-8-5-6(12)3-4-7(8)13/h3-5H,2H2,1H3,(H2,14,15,16,19). The van der Waals surface area contributed by atoms with Crippen molar-refractivity contribution in [2.24, 2.45) is 0 Å². The second-order valence-corrected chi connectivity index (χ2v) is 4.50. The fourth-order valence-electron chi connectivity index (χ4n) is 1.10. The van der Waals surface area contributed by atoms with Gasteiger partial charge in [-0.1, -0.05) is 23.2 Å². The van der Waals surface area contributed by atoms with Crippen LogP contribution in [-0.2, 0) is 14.3 Å². The number of benzene rings is 1. The first-order valence-electron chi connectivity index (χ1n) is 5.18. The van der Waals surface area contributed by atoms with Crippen LogP contribution in [0.5, 0.6) is 0 Å². The summed E-state index contributed by atoms with van der Waals surface area (Å²) >= 11 is 16.6. The topological polar surface area (TPSA) is 67.4 Å². The van der Waals surface area contributed by atoms with E-state index in [1.807, 2.05) is 0 Å². The Balaban J connectivity index is 2.63. The molecule has 0 heterocycles. The molecule has 0 aliphatic carbocycles. The Labute approximate surface area is 125 Å². The molecule has 0 saturated carbocycles. The van der Waals surface area contributed by atoms with Crippen molar-refractivity contribution in [1.82, 2.24) is 5.32 Å². The lowest BCUT2D eigenvalue weighted by atomic mass is 10.3. The molecule has 1 amide bonds. The molecule has 0 unspecified atom stereocenters. The summed E-state index contributed by atoms with van der Waals surface area (Å²) in [5.41, 5.74) is 0.420. The van der Waals surface area contributed by atoms with Crippen LogP contribution in [0.3, 0.4) is 0 Å². The Morgan fingerprint density at radius 3 is 2.68 bits per heavy atom. The van der Waals surface area contributed by atoms with Crippen molar-refractivity contribution >= 4 is 58.1 Å². The SMILES string of the molecule is CCOC(=O)C(=O)NC(=S)Nc1cc(Cl)ccc1Cl. The number of rotatable bonds is 2. The fraction of sp³-hybridized carbons (Fsp3) is 0.182. The molecule has 0 spiro atoms. The summed E-state index contributed by atoms with van der Waals surface area (Å²) in [6, 6.07) is 4.71. The predicted molar refractivity (Wildman–Crippen MR) is 77.5 cm³/mol. The van der Waals surface area contributed by atoms with E-state index in [2.05, 4.69) is 15.4 Å². The molecule has 0 aliphatic rings. The lowest BCUT2D eigenvalue weighted by Crippen LogP contribution is -2.39. The van der Waals surface area contributed by atoms with Crippen LogP contribution in [0.1, 0.15) is 6.92 Å². The van der Waals surface area contributed by atoms with E-state index in [1.54, 1.807) is 19.1 Å². The number of hydrogen-bond acceptors (Lipinski definition) is 4. The molecule has 0 bridgehead atoms. The summed E-state index contributed by atoms with van der Waals surface area (Å²) < 4.78 is 4.51.